The highest BCUT2D eigenvalue weighted by molar-refractivity contribution is 7.80. The Morgan fingerprint density at radius 1 is 1.19 bits per heavy atom. The highest BCUT2D eigenvalue weighted by Crippen LogP contribution is 2.19. The summed E-state index contributed by atoms with van der Waals surface area (Å²) in [5, 5.41) is 14.5. The minimum Gasteiger partial charge on any atom is -0.480 e. The second kappa shape index (κ2) is 13.1. The molecule has 9 N–H and O–H groups in total. The van der Waals surface area contributed by atoms with Crippen LogP contribution in [0.3, 0.4) is 0 Å². The van der Waals surface area contributed by atoms with Gasteiger partial charge in [-0.25, -0.2) is 4.79 Å². The summed E-state index contributed by atoms with van der Waals surface area (Å²) in [6, 6.07) is -3.73. The Hall–Kier alpha value is -2.54. The lowest BCUT2D eigenvalue weighted by Crippen LogP contribution is -2.58. The molecule has 4 atom stereocenters. The van der Waals surface area contributed by atoms with Crippen LogP contribution in [0.25, 0.3) is 0 Å². The second-order valence-corrected chi connectivity index (χ2v) is 8.42. The lowest BCUT2D eigenvalue weighted by Gasteiger charge is -2.29. The average Bonchev–Trinajstić information content (AvgIpc) is 3.22. The number of aliphatic carboxylic acids is 1. The number of carboxylic acid groups (broad SMARTS) is 1. The molecule has 0 aromatic carbocycles. The van der Waals surface area contributed by atoms with Crippen LogP contribution < -0.4 is 27.8 Å². The number of hydrogen-bond acceptors (Lipinski definition) is 7. The number of likely N-dealkylation sites (tertiary alicyclic amines) is 1. The molecule has 0 aromatic heterocycles. The summed E-state index contributed by atoms with van der Waals surface area (Å²) in [7, 11) is 0. The minimum absolute atomic E-state index is 0.0174. The van der Waals surface area contributed by atoms with Gasteiger partial charge in [-0.05, 0) is 31.6 Å². The fourth-order valence-electron chi connectivity index (χ4n) is 3.38. The number of carbonyl (C=O) groups excluding carboxylic acids is 3. The van der Waals surface area contributed by atoms with E-state index >= 15 is 0 Å². The van der Waals surface area contributed by atoms with Gasteiger partial charge in [0.2, 0.25) is 17.7 Å². The van der Waals surface area contributed by atoms with Gasteiger partial charge >= 0.3 is 5.97 Å². The third-order valence-corrected chi connectivity index (χ3v) is 5.53. The molecule has 1 aliphatic rings. The molecule has 1 saturated heterocycles. The number of nitrogens with one attached hydrogen (secondary N) is 2. The van der Waals surface area contributed by atoms with Crippen molar-refractivity contribution >= 4 is 42.3 Å². The molecule has 182 valence electrons. The molecule has 0 aliphatic carbocycles. The van der Waals surface area contributed by atoms with Crippen molar-refractivity contribution in [1.82, 2.24) is 15.5 Å². The summed E-state index contributed by atoms with van der Waals surface area (Å²) in [5.41, 5.74) is 16.4. The molecule has 1 rings (SSSR count). The first-order chi connectivity index (χ1) is 15.0. The van der Waals surface area contributed by atoms with Crippen LogP contribution in [-0.2, 0) is 19.2 Å². The van der Waals surface area contributed by atoms with E-state index in [1.807, 2.05) is 0 Å². The Morgan fingerprint density at radius 2 is 1.84 bits per heavy atom. The van der Waals surface area contributed by atoms with Crippen LogP contribution in [0.5, 0.6) is 0 Å². The summed E-state index contributed by atoms with van der Waals surface area (Å²) >= 11 is 4.14. The Labute approximate surface area is 193 Å². The van der Waals surface area contributed by atoms with Crippen LogP contribution in [0.2, 0.25) is 0 Å². The van der Waals surface area contributed by atoms with Crippen molar-refractivity contribution in [3.05, 3.63) is 0 Å². The number of nitrogens with zero attached hydrogens (tertiary/aromatic N) is 2. The molecule has 0 spiro atoms. The molecular weight excluding hydrogens is 438 g/mol. The number of rotatable bonds is 12. The first kappa shape index (κ1) is 27.5. The molecule has 4 unspecified atom stereocenters. The highest BCUT2D eigenvalue weighted by Gasteiger charge is 2.38. The van der Waals surface area contributed by atoms with Gasteiger partial charge in [0.05, 0.1) is 6.04 Å². The molecule has 1 fully saturated rings. The average molecular weight is 474 g/mol. The molecule has 0 radical (unpaired) electrons. The fraction of sp³-hybridized carbons (Fsp3) is 0.737. The maximum absolute atomic E-state index is 12.8. The SMILES string of the molecule is CC(C)C(NC(=O)C(N)CCCN=C(N)N)C(=O)NC(CS)C(=O)N1CCCC1C(=O)O. The summed E-state index contributed by atoms with van der Waals surface area (Å²) in [6.07, 6.45) is 1.74. The molecule has 13 heteroatoms. The van der Waals surface area contributed by atoms with E-state index < -0.39 is 47.9 Å². The molecule has 0 saturated carbocycles. The van der Waals surface area contributed by atoms with Gasteiger partial charge < -0.3 is 37.8 Å². The van der Waals surface area contributed by atoms with E-state index in [0.717, 1.165) is 0 Å². The summed E-state index contributed by atoms with van der Waals surface area (Å²) in [6.45, 7) is 4.12. The van der Waals surface area contributed by atoms with Crippen molar-refractivity contribution < 1.29 is 24.3 Å². The maximum atomic E-state index is 12.8. The Bertz CT molecular complexity index is 714. The normalized spacial score (nSPS) is 18.5. The van der Waals surface area contributed by atoms with Crippen LogP contribution in [-0.4, -0.2) is 82.7 Å². The number of amides is 3. The second-order valence-electron chi connectivity index (χ2n) is 8.06. The fourth-order valence-corrected chi connectivity index (χ4v) is 3.63. The van der Waals surface area contributed by atoms with Crippen LogP contribution in [0.15, 0.2) is 4.99 Å². The maximum Gasteiger partial charge on any atom is 0.326 e. The Kier molecular flexibility index (Phi) is 11.3. The van der Waals surface area contributed by atoms with Crippen LogP contribution in [0.1, 0.15) is 39.5 Å². The number of hydrogen-bond donors (Lipinski definition) is 7. The smallest absolute Gasteiger partial charge is 0.326 e. The number of carboxylic acids is 1. The van der Waals surface area contributed by atoms with Crippen molar-refractivity contribution in [3.63, 3.8) is 0 Å². The van der Waals surface area contributed by atoms with Gasteiger partial charge in [-0.1, -0.05) is 13.8 Å². The lowest BCUT2D eigenvalue weighted by molar-refractivity contribution is -0.149. The lowest BCUT2D eigenvalue weighted by atomic mass is 10.0. The van der Waals surface area contributed by atoms with Gasteiger partial charge in [0.25, 0.3) is 0 Å². The summed E-state index contributed by atoms with van der Waals surface area (Å²) in [5.74, 6) is -3.03. The first-order valence-corrected chi connectivity index (χ1v) is 11.2. The summed E-state index contributed by atoms with van der Waals surface area (Å²) in [4.78, 5) is 54.6. The zero-order valence-corrected chi connectivity index (χ0v) is 19.4. The third-order valence-electron chi connectivity index (χ3n) is 5.17. The van der Waals surface area contributed by atoms with Gasteiger partial charge in [0.1, 0.15) is 18.1 Å². The van der Waals surface area contributed by atoms with E-state index in [9.17, 15) is 24.3 Å². The van der Waals surface area contributed by atoms with Gasteiger partial charge in [-0.2, -0.15) is 12.6 Å². The minimum atomic E-state index is -1.08. The largest absolute Gasteiger partial charge is 0.480 e. The predicted octanol–water partition coefficient (Wildman–Crippen LogP) is -2.00. The van der Waals surface area contributed by atoms with Crippen LogP contribution in [0, 0.1) is 5.92 Å². The Balaban J connectivity index is 2.74. The Morgan fingerprint density at radius 3 is 2.38 bits per heavy atom. The number of guanidine groups is 1. The monoisotopic (exact) mass is 473 g/mol. The zero-order chi connectivity index (χ0) is 24.4. The van der Waals surface area contributed by atoms with Gasteiger partial charge in [0.15, 0.2) is 5.96 Å². The number of nitrogens with two attached hydrogens (primary N) is 3. The topological polar surface area (TPSA) is 206 Å². The number of aliphatic imine (C=N–C) groups is 1. The van der Waals surface area contributed by atoms with E-state index in [2.05, 4.69) is 28.3 Å². The van der Waals surface area contributed by atoms with Crippen molar-refractivity contribution in [3.8, 4) is 0 Å². The van der Waals surface area contributed by atoms with Crippen molar-refractivity contribution in [2.24, 2.45) is 28.1 Å². The molecule has 1 heterocycles. The highest BCUT2D eigenvalue weighted by atomic mass is 32.1. The molecule has 1 aliphatic heterocycles. The van der Waals surface area contributed by atoms with Crippen LogP contribution in [0.4, 0.5) is 0 Å². The van der Waals surface area contributed by atoms with E-state index in [-0.39, 0.29) is 17.6 Å². The predicted molar refractivity (Wildman–Crippen MR) is 123 cm³/mol. The van der Waals surface area contributed by atoms with E-state index in [0.29, 0.717) is 38.8 Å². The molecular formula is C19H35N7O5S. The zero-order valence-electron chi connectivity index (χ0n) is 18.5. The third kappa shape index (κ3) is 8.19. The van der Waals surface area contributed by atoms with Gasteiger partial charge in [-0.15, -0.1) is 0 Å². The van der Waals surface area contributed by atoms with E-state index in [4.69, 9.17) is 17.2 Å². The quantitative estimate of drug-likeness (QED) is 0.0728. The van der Waals surface area contributed by atoms with Crippen molar-refractivity contribution in [2.75, 3.05) is 18.8 Å². The molecule has 32 heavy (non-hydrogen) atoms. The number of carbonyl (C=O) groups is 4. The van der Waals surface area contributed by atoms with Crippen molar-refractivity contribution in [2.45, 2.75) is 63.7 Å². The van der Waals surface area contributed by atoms with Crippen molar-refractivity contribution in [1.29, 1.82) is 0 Å². The molecule has 12 nitrogen and oxygen atoms in total. The summed E-state index contributed by atoms with van der Waals surface area (Å²) < 4.78 is 0. The molecule has 0 aromatic rings. The van der Waals surface area contributed by atoms with Gasteiger partial charge in [-0.3, -0.25) is 19.4 Å². The van der Waals surface area contributed by atoms with E-state index in [1.54, 1.807) is 13.8 Å². The standard InChI is InChI=1S/C19H35N7O5S/c1-10(2)14(25-15(27)11(20)5-3-7-23-19(21)22)16(28)24-12(9-32)17(29)26-8-4-6-13(26)18(30)31/h10-14,32H,3-9,20H2,1-2H3,(H,24,28)(H,25,27)(H,30,31)(H4,21,22,23). The van der Waals surface area contributed by atoms with Gasteiger partial charge in [0, 0.05) is 18.8 Å². The molecule has 3 amide bonds. The van der Waals surface area contributed by atoms with Crippen LogP contribution >= 0.6 is 12.6 Å². The van der Waals surface area contributed by atoms with E-state index in [1.165, 1.54) is 4.90 Å². The molecule has 0 bridgehead atoms. The first-order valence-electron chi connectivity index (χ1n) is 10.5. The number of thiol groups is 1.